The fraction of sp³-hybridized carbons (Fsp3) is 0.867. The fourth-order valence-electron chi connectivity index (χ4n) is 2.87. The zero-order valence-electron chi connectivity index (χ0n) is 13.3. The van der Waals surface area contributed by atoms with Crippen LogP contribution in [0.1, 0.15) is 47.0 Å². The Morgan fingerprint density at radius 3 is 2.40 bits per heavy atom. The molecule has 2 unspecified atom stereocenters. The molecule has 0 aromatic heterocycles. The molecule has 1 saturated heterocycles. The molecule has 0 aromatic rings. The first-order valence-corrected chi connectivity index (χ1v) is 7.40. The number of piperidine rings is 1. The Morgan fingerprint density at radius 2 is 1.95 bits per heavy atom. The number of urea groups is 1. The summed E-state index contributed by atoms with van der Waals surface area (Å²) in [4.78, 5) is 27.1. The third-order valence-electron chi connectivity index (χ3n) is 3.86. The number of aliphatic carboxylic acids is 1. The second kappa shape index (κ2) is 6.46. The number of nitrogens with zero attached hydrogens (tertiary/aromatic N) is 2. The van der Waals surface area contributed by atoms with E-state index in [0.717, 1.165) is 12.8 Å². The predicted molar refractivity (Wildman–Crippen MR) is 78.6 cm³/mol. The maximum absolute atomic E-state index is 12.5. The Labute approximate surface area is 121 Å². The smallest absolute Gasteiger partial charge is 0.326 e. The van der Waals surface area contributed by atoms with Crippen LogP contribution in [0.15, 0.2) is 0 Å². The lowest BCUT2D eigenvalue weighted by Crippen LogP contribution is -2.54. The summed E-state index contributed by atoms with van der Waals surface area (Å²) < 4.78 is 0. The third-order valence-corrected chi connectivity index (χ3v) is 3.86. The number of rotatable bonds is 3. The van der Waals surface area contributed by atoms with Gasteiger partial charge in [0.2, 0.25) is 0 Å². The summed E-state index contributed by atoms with van der Waals surface area (Å²) in [6.07, 6.45) is 2.44. The third kappa shape index (κ3) is 4.39. The molecule has 2 amide bonds. The van der Waals surface area contributed by atoms with E-state index in [1.807, 2.05) is 0 Å². The lowest BCUT2D eigenvalue weighted by molar-refractivity contribution is -0.144. The van der Waals surface area contributed by atoms with E-state index in [1.165, 1.54) is 4.90 Å². The first-order chi connectivity index (χ1) is 9.15. The average Bonchev–Trinajstić information content (AvgIpc) is 2.35. The van der Waals surface area contributed by atoms with Gasteiger partial charge in [-0.15, -0.1) is 0 Å². The molecule has 20 heavy (non-hydrogen) atoms. The normalized spacial score (nSPS) is 23.6. The second-order valence-corrected chi connectivity index (χ2v) is 7.05. The summed E-state index contributed by atoms with van der Waals surface area (Å²) in [5, 5.41) is 9.37. The van der Waals surface area contributed by atoms with Gasteiger partial charge in [-0.05, 0) is 24.2 Å². The van der Waals surface area contributed by atoms with Crippen molar-refractivity contribution in [1.29, 1.82) is 0 Å². The van der Waals surface area contributed by atoms with Crippen LogP contribution in [-0.2, 0) is 4.79 Å². The molecule has 1 heterocycles. The maximum Gasteiger partial charge on any atom is 0.326 e. The lowest BCUT2D eigenvalue weighted by atomic mass is 9.89. The molecule has 5 nitrogen and oxygen atoms in total. The van der Waals surface area contributed by atoms with Gasteiger partial charge in [-0.2, -0.15) is 0 Å². The molecule has 1 aliphatic heterocycles. The van der Waals surface area contributed by atoms with Gasteiger partial charge >= 0.3 is 12.0 Å². The minimum absolute atomic E-state index is 0.00483. The molecule has 5 heteroatoms. The Bertz CT molecular complexity index is 363. The molecule has 0 radical (unpaired) electrons. The number of amides is 2. The number of hydrogen-bond acceptors (Lipinski definition) is 2. The second-order valence-electron chi connectivity index (χ2n) is 7.05. The average molecular weight is 284 g/mol. The number of carboxylic acid groups (broad SMARTS) is 1. The highest BCUT2D eigenvalue weighted by Crippen LogP contribution is 2.27. The highest BCUT2D eigenvalue weighted by atomic mass is 16.4. The number of carboxylic acids is 1. The van der Waals surface area contributed by atoms with E-state index in [4.69, 9.17) is 0 Å². The summed E-state index contributed by atoms with van der Waals surface area (Å²) >= 11 is 0. The van der Waals surface area contributed by atoms with E-state index in [2.05, 4.69) is 27.7 Å². The monoisotopic (exact) mass is 284 g/mol. The summed E-state index contributed by atoms with van der Waals surface area (Å²) in [5.41, 5.74) is 0.00483. The summed E-state index contributed by atoms with van der Waals surface area (Å²) in [7, 11) is 1.75. The highest BCUT2D eigenvalue weighted by molar-refractivity contribution is 5.82. The Hall–Kier alpha value is -1.26. The van der Waals surface area contributed by atoms with Crippen LogP contribution in [0.3, 0.4) is 0 Å². The minimum Gasteiger partial charge on any atom is -0.480 e. The van der Waals surface area contributed by atoms with Crippen molar-refractivity contribution in [3.63, 3.8) is 0 Å². The maximum atomic E-state index is 12.5. The van der Waals surface area contributed by atoms with Crippen LogP contribution in [0.5, 0.6) is 0 Å². The van der Waals surface area contributed by atoms with Crippen LogP contribution in [0.4, 0.5) is 4.79 Å². The molecular formula is C15H28N2O3. The van der Waals surface area contributed by atoms with Crippen LogP contribution in [0.2, 0.25) is 0 Å². The van der Waals surface area contributed by atoms with Crippen LogP contribution < -0.4 is 0 Å². The van der Waals surface area contributed by atoms with Crippen molar-refractivity contribution in [2.24, 2.45) is 11.3 Å². The Kier molecular flexibility index (Phi) is 5.42. The topological polar surface area (TPSA) is 60.9 Å². The largest absolute Gasteiger partial charge is 0.480 e. The van der Waals surface area contributed by atoms with Gasteiger partial charge in [-0.1, -0.05) is 34.1 Å². The molecule has 1 N–H and O–H groups in total. The molecule has 1 aliphatic rings. The zero-order valence-corrected chi connectivity index (χ0v) is 13.3. The van der Waals surface area contributed by atoms with Crippen molar-refractivity contribution in [3.05, 3.63) is 0 Å². The van der Waals surface area contributed by atoms with E-state index in [1.54, 1.807) is 11.9 Å². The number of likely N-dealkylation sites (tertiary alicyclic amines) is 1. The summed E-state index contributed by atoms with van der Waals surface area (Å²) in [5.74, 6) is -0.478. The number of carbonyl (C=O) groups is 2. The summed E-state index contributed by atoms with van der Waals surface area (Å²) in [6.45, 7) is 9.43. The quantitative estimate of drug-likeness (QED) is 0.866. The van der Waals surface area contributed by atoms with Crippen molar-refractivity contribution in [1.82, 2.24) is 9.80 Å². The van der Waals surface area contributed by atoms with Crippen molar-refractivity contribution in [3.8, 4) is 0 Å². The van der Waals surface area contributed by atoms with Crippen molar-refractivity contribution >= 4 is 12.0 Å². The standard InChI is InChI=1S/C15H28N2O3/c1-6-11-7-8-17(12(9-11)13(18)19)14(20)16(5)10-15(2,3)4/h11-12H,6-10H2,1-5H3,(H,18,19). The van der Waals surface area contributed by atoms with Crippen LogP contribution in [-0.4, -0.2) is 53.1 Å². The van der Waals surface area contributed by atoms with E-state index >= 15 is 0 Å². The minimum atomic E-state index is -0.888. The predicted octanol–water partition coefficient (Wildman–Crippen LogP) is 2.66. The SMILES string of the molecule is CCC1CCN(C(=O)N(C)CC(C)(C)C)C(C(=O)O)C1. The van der Waals surface area contributed by atoms with Crippen molar-refractivity contribution < 1.29 is 14.7 Å². The molecule has 1 rings (SSSR count). The van der Waals surface area contributed by atoms with E-state index in [0.29, 0.717) is 25.4 Å². The van der Waals surface area contributed by atoms with Crippen LogP contribution in [0.25, 0.3) is 0 Å². The molecule has 116 valence electrons. The lowest BCUT2D eigenvalue weighted by Gasteiger charge is -2.40. The van der Waals surface area contributed by atoms with Gasteiger partial charge in [0, 0.05) is 20.1 Å². The molecule has 0 bridgehead atoms. The highest BCUT2D eigenvalue weighted by Gasteiger charge is 2.37. The van der Waals surface area contributed by atoms with Gasteiger partial charge in [0.05, 0.1) is 0 Å². The molecule has 0 aromatic carbocycles. The van der Waals surface area contributed by atoms with Crippen LogP contribution in [0, 0.1) is 11.3 Å². The molecule has 2 atom stereocenters. The van der Waals surface area contributed by atoms with Gasteiger partial charge in [-0.3, -0.25) is 0 Å². The Morgan fingerprint density at radius 1 is 1.35 bits per heavy atom. The number of carbonyl (C=O) groups excluding carboxylic acids is 1. The van der Waals surface area contributed by atoms with Crippen molar-refractivity contribution in [2.45, 2.75) is 53.0 Å². The van der Waals surface area contributed by atoms with E-state index in [9.17, 15) is 14.7 Å². The van der Waals surface area contributed by atoms with E-state index in [-0.39, 0.29) is 11.4 Å². The van der Waals surface area contributed by atoms with Gasteiger partial charge in [-0.25, -0.2) is 9.59 Å². The first-order valence-electron chi connectivity index (χ1n) is 7.40. The Balaban J connectivity index is 2.77. The van der Waals surface area contributed by atoms with Crippen LogP contribution >= 0.6 is 0 Å². The van der Waals surface area contributed by atoms with Gasteiger partial charge in [0.1, 0.15) is 6.04 Å². The fourth-order valence-corrected chi connectivity index (χ4v) is 2.87. The first kappa shape index (κ1) is 16.8. The molecular weight excluding hydrogens is 256 g/mol. The molecule has 0 saturated carbocycles. The van der Waals surface area contributed by atoms with Gasteiger partial charge in [0.15, 0.2) is 0 Å². The molecule has 1 fully saturated rings. The number of hydrogen-bond donors (Lipinski definition) is 1. The molecule has 0 aliphatic carbocycles. The van der Waals surface area contributed by atoms with E-state index < -0.39 is 12.0 Å². The van der Waals surface area contributed by atoms with Gasteiger partial charge in [0.25, 0.3) is 0 Å². The van der Waals surface area contributed by atoms with Crippen molar-refractivity contribution in [2.75, 3.05) is 20.1 Å². The zero-order chi connectivity index (χ0) is 15.5. The van der Waals surface area contributed by atoms with Gasteiger partial charge < -0.3 is 14.9 Å². The molecule has 0 spiro atoms. The summed E-state index contributed by atoms with van der Waals surface area (Å²) in [6, 6.07) is -0.842.